The van der Waals surface area contributed by atoms with Gasteiger partial charge in [0, 0.05) is 16.2 Å². The van der Waals surface area contributed by atoms with Crippen molar-refractivity contribution in [3.63, 3.8) is 0 Å². The highest BCUT2D eigenvalue weighted by molar-refractivity contribution is 9.10. The molecule has 0 heterocycles. The summed E-state index contributed by atoms with van der Waals surface area (Å²) in [5, 5.41) is 2.78. The second kappa shape index (κ2) is 11.8. The van der Waals surface area contributed by atoms with E-state index >= 15 is 0 Å². The van der Waals surface area contributed by atoms with Crippen LogP contribution in [0.15, 0.2) is 57.9 Å². The number of carbonyl (C=O) groups excluding carboxylic acids is 2. The van der Waals surface area contributed by atoms with Gasteiger partial charge >= 0.3 is 5.97 Å². The molecule has 0 aliphatic heterocycles. The molecule has 7 nitrogen and oxygen atoms in total. The first-order valence-corrected chi connectivity index (χ1v) is 13.3. The number of amides is 1. The average Bonchev–Trinajstić information content (AvgIpc) is 2.80. The van der Waals surface area contributed by atoms with Gasteiger partial charge in [0.05, 0.1) is 24.5 Å². The van der Waals surface area contributed by atoms with Crippen molar-refractivity contribution in [3.05, 3.63) is 58.6 Å². The lowest BCUT2D eigenvalue weighted by Gasteiger charge is -2.33. The molecule has 1 aliphatic carbocycles. The number of halogens is 1. The predicted octanol–water partition coefficient (Wildman–Crippen LogP) is 4.52. The topological polar surface area (TPSA) is 92.8 Å². The van der Waals surface area contributed by atoms with E-state index in [9.17, 15) is 18.0 Å². The summed E-state index contributed by atoms with van der Waals surface area (Å²) in [6.45, 7) is 1.82. The van der Waals surface area contributed by atoms with Crippen molar-refractivity contribution in [2.75, 3.05) is 18.5 Å². The predicted molar refractivity (Wildman–Crippen MR) is 130 cm³/mol. The summed E-state index contributed by atoms with van der Waals surface area (Å²) in [5.74, 6) is -0.713. The van der Waals surface area contributed by atoms with Crippen LogP contribution in [-0.4, -0.2) is 43.8 Å². The SMILES string of the molecule is CCOC(=O)Cc1ccc(NC(=O)CN(C2CCCCC2)S(=O)(=O)c2ccc(Br)cc2)cc1. The molecule has 0 aromatic heterocycles. The molecule has 1 amide bonds. The van der Waals surface area contributed by atoms with Crippen LogP contribution in [0.1, 0.15) is 44.6 Å². The van der Waals surface area contributed by atoms with Gasteiger partial charge in [0.25, 0.3) is 0 Å². The monoisotopic (exact) mass is 536 g/mol. The van der Waals surface area contributed by atoms with Crippen molar-refractivity contribution in [2.24, 2.45) is 0 Å². The number of anilines is 1. The fourth-order valence-corrected chi connectivity index (χ4v) is 5.85. The summed E-state index contributed by atoms with van der Waals surface area (Å²) in [6.07, 6.45) is 4.61. The standard InChI is InChI=1S/C24H29BrN2O5S/c1-2-32-24(29)16-18-8-12-20(13-9-18)26-23(28)17-27(21-6-4-3-5-7-21)33(30,31)22-14-10-19(25)11-15-22/h8-15,21H,2-7,16-17H2,1H3,(H,26,28). The zero-order chi connectivity index (χ0) is 23.8. The van der Waals surface area contributed by atoms with E-state index in [1.807, 2.05) is 0 Å². The van der Waals surface area contributed by atoms with E-state index in [1.54, 1.807) is 55.5 Å². The minimum Gasteiger partial charge on any atom is -0.466 e. The summed E-state index contributed by atoms with van der Waals surface area (Å²) < 4.78 is 33.9. The first-order chi connectivity index (χ1) is 15.8. The number of sulfonamides is 1. The van der Waals surface area contributed by atoms with Gasteiger partial charge in [-0.3, -0.25) is 9.59 Å². The first kappa shape index (κ1) is 25.4. The van der Waals surface area contributed by atoms with E-state index in [4.69, 9.17) is 4.74 Å². The summed E-state index contributed by atoms with van der Waals surface area (Å²) in [7, 11) is -3.83. The van der Waals surface area contributed by atoms with E-state index in [2.05, 4.69) is 21.2 Å². The number of nitrogens with zero attached hydrogens (tertiary/aromatic N) is 1. The van der Waals surface area contributed by atoms with Crippen molar-refractivity contribution in [1.29, 1.82) is 0 Å². The maximum absolute atomic E-state index is 13.4. The van der Waals surface area contributed by atoms with E-state index in [0.717, 1.165) is 42.1 Å². The highest BCUT2D eigenvalue weighted by Gasteiger charge is 2.34. The molecule has 0 spiro atoms. The zero-order valence-electron chi connectivity index (χ0n) is 18.6. The molecule has 0 bridgehead atoms. The Labute approximate surface area is 203 Å². The van der Waals surface area contributed by atoms with Gasteiger partial charge in [-0.25, -0.2) is 8.42 Å². The van der Waals surface area contributed by atoms with Crippen LogP contribution in [0.2, 0.25) is 0 Å². The van der Waals surface area contributed by atoms with Crippen LogP contribution < -0.4 is 5.32 Å². The number of rotatable bonds is 9. The van der Waals surface area contributed by atoms with Gasteiger partial charge in [-0.2, -0.15) is 4.31 Å². The van der Waals surface area contributed by atoms with Crippen molar-refractivity contribution < 1.29 is 22.7 Å². The minimum atomic E-state index is -3.83. The van der Waals surface area contributed by atoms with Crippen molar-refractivity contribution >= 4 is 43.5 Å². The fourth-order valence-electron chi connectivity index (χ4n) is 3.95. The smallest absolute Gasteiger partial charge is 0.310 e. The molecule has 0 radical (unpaired) electrons. The van der Waals surface area contributed by atoms with Crippen molar-refractivity contribution in [1.82, 2.24) is 4.31 Å². The van der Waals surface area contributed by atoms with Crippen LogP contribution in [0.3, 0.4) is 0 Å². The fraction of sp³-hybridized carbons (Fsp3) is 0.417. The zero-order valence-corrected chi connectivity index (χ0v) is 21.0. The first-order valence-electron chi connectivity index (χ1n) is 11.1. The summed E-state index contributed by atoms with van der Waals surface area (Å²) in [5.41, 5.74) is 1.31. The molecule has 33 heavy (non-hydrogen) atoms. The summed E-state index contributed by atoms with van der Waals surface area (Å²) >= 11 is 3.33. The number of nitrogens with one attached hydrogen (secondary N) is 1. The maximum Gasteiger partial charge on any atom is 0.310 e. The Balaban J connectivity index is 1.72. The van der Waals surface area contributed by atoms with E-state index in [1.165, 1.54) is 4.31 Å². The lowest BCUT2D eigenvalue weighted by molar-refractivity contribution is -0.142. The molecule has 2 aromatic carbocycles. The molecule has 1 aliphatic rings. The molecule has 2 aromatic rings. The molecule has 1 N–H and O–H groups in total. The second-order valence-electron chi connectivity index (χ2n) is 8.02. The number of carbonyl (C=O) groups is 2. The molecule has 1 saturated carbocycles. The summed E-state index contributed by atoms with van der Waals surface area (Å²) in [4.78, 5) is 24.6. The Bertz CT molecular complexity index is 1050. The number of benzene rings is 2. The highest BCUT2D eigenvalue weighted by atomic mass is 79.9. The van der Waals surface area contributed by atoms with Crippen LogP contribution >= 0.6 is 15.9 Å². The summed E-state index contributed by atoms with van der Waals surface area (Å²) in [6, 6.07) is 13.1. The Kier molecular flexibility index (Phi) is 9.05. The van der Waals surface area contributed by atoms with Gasteiger partial charge in [0.15, 0.2) is 0 Å². The van der Waals surface area contributed by atoms with Gasteiger partial charge in [-0.15, -0.1) is 0 Å². The van der Waals surface area contributed by atoms with Gasteiger partial charge in [-0.05, 0) is 61.7 Å². The molecule has 0 saturated heterocycles. The average molecular weight is 537 g/mol. The van der Waals surface area contributed by atoms with Crippen LogP contribution in [0.25, 0.3) is 0 Å². The van der Waals surface area contributed by atoms with Gasteiger partial charge in [0.2, 0.25) is 15.9 Å². The minimum absolute atomic E-state index is 0.156. The van der Waals surface area contributed by atoms with Crippen molar-refractivity contribution in [3.8, 4) is 0 Å². The maximum atomic E-state index is 13.4. The molecule has 3 rings (SSSR count). The van der Waals surface area contributed by atoms with Crippen LogP contribution in [0.5, 0.6) is 0 Å². The van der Waals surface area contributed by atoms with Gasteiger partial charge in [0.1, 0.15) is 0 Å². The molecule has 0 unspecified atom stereocenters. The Morgan fingerprint density at radius 3 is 2.27 bits per heavy atom. The number of hydrogen-bond acceptors (Lipinski definition) is 5. The van der Waals surface area contributed by atoms with Gasteiger partial charge < -0.3 is 10.1 Å². The third-order valence-electron chi connectivity index (χ3n) is 5.59. The number of esters is 1. The second-order valence-corrected chi connectivity index (χ2v) is 10.8. The van der Waals surface area contributed by atoms with E-state index in [-0.39, 0.29) is 29.9 Å². The Hall–Kier alpha value is -2.23. The molecule has 178 valence electrons. The largest absolute Gasteiger partial charge is 0.466 e. The quantitative estimate of drug-likeness (QED) is 0.475. The van der Waals surface area contributed by atoms with Crippen LogP contribution in [-0.2, 0) is 30.8 Å². The molecule has 1 fully saturated rings. The van der Waals surface area contributed by atoms with Gasteiger partial charge in [-0.1, -0.05) is 47.3 Å². The third-order valence-corrected chi connectivity index (χ3v) is 8.03. The van der Waals surface area contributed by atoms with Crippen LogP contribution in [0.4, 0.5) is 5.69 Å². The normalized spacial score (nSPS) is 14.8. The Morgan fingerprint density at radius 2 is 1.67 bits per heavy atom. The molecule has 9 heteroatoms. The Morgan fingerprint density at radius 1 is 1.03 bits per heavy atom. The lowest BCUT2D eigenvalue weighted by Crippen LogP contribution is -2.45. The van der Waals surface area contributed by atoms with E-state index < -0.39 is 15.9 Å². The molecule has 0 atom stereocenters. The molecular formula is C24H29BrN2O5S. The molecular weight excluding hydrogens is 508 g/mol. The van der Waals surface area contributed by atoms with E-state index in [0.29, 0.717) is 12.3 Å². The third kappa shape index (κ3) is 7.12. The number of ether oxygens (including phenoxy) is 1. The van der Waals surface area contributed by atoms with Crippen LogP contribution in [0, 0.1) is 0 Å². The van der Waals surface area contributed by atoms with Crippen molar-refractivity contribution in [2.45, 2.75) is 56.4 Å². The number of hydrogen-bond donors (Lipinski definition) is 1. The lowest BCUT2D eigenvalue weighted by atomic mass is 9.95. The highest BCUT2D eigenvalue weighted by Crippen LogP contribution is 2.28.